The molecule has 1 rings (SSSR count). The van der Waals surface area contributed by atoms with Crippen molar-refractivity contribution in [3.05, 3.63) is 0 Å². The summed E-state index contributed by atoms with van der Waals surface area (Å²) >= 11 is 0. The summed E-state index contributed by atoms with van der Waals surface area (Å²) in [6.45, 7) is 0.193. The second kappa shape index (κ2) is 5.24. The molecule has 0 spiro atoms. The Bertz CT molecular complexity index is 324. The highest BCUT2D eigenvalue weighted by molar-refractivity contribution is 6.15. The lowest BCUT2D eigenvalue weighted by Crippen LogP contribution is -2.72. The molecule has 0 unspecified atom stereocenters. The average Bonchev–Trinajstić information content (AvgIpc) is 2.16. The number of ketones is 2. The summed E-state index contributed by atoms with van der Waals surface area (Å²) < 4.78 is 0. The summed E-state index contributed by atoms with van der Waals surface area (Å²) in [7, 11) is 3.16. The van der Waals surface area contributed by atoms with Gasteiger partial charge in [-0.1, -0.05) is 0 Å². The Balaban J connectivity index is 2.97. The molecule has 0 atom stereocenters. The van der Waals surface area contributed by atoms with Gasteiger partial charge in [0.05, 0.1) is 13.1 Å². The van der Waals surface area contributed by atoms with E-state index in [-0.39, 0.29) is 26.1 Å². The summed E-state index contributed by atoms with van der Waals surface area (Å²) in [6.07, 6.45) is -0.967. The molecule has 1 aliphatic rings. The van der Waals surface area contributed by atoms with Gasteiger partial charge in [0.2, 0.25) is 0 Å². The van der Waals surface area contributed by atoms with Gasteiger partial charge in [0, 0.05) is 13.0 Å². The van der Waals surface area contributed by atoms with E-state index >= 15 is 0 Å². The molecule has 0 radical (unpaired) electrons. The number of nitrogens with zero attached hydrogens (tertiary/aromatic N) is 1. The standard InChI is InChI=1S/C10H17N3O4/c1-11-5-7(14)10(8(15)6-12-2)3-4-13(10)9(16)17/h11-12H,3-6H2,1-2H3,(H,16,17). The van der Waals surface area contributed by atoms with Gasteiger partial charge >= 0.3 is 6.09 Å². The molecule has 96 valence electrons. The lowest BCUT2D eigenvalue weighted by molar-refractivity contribution is -0.149. The second-order valence-corrected chi connectivity index (χ2v) is 3.95. The predicted octanol–water partition coefficient (Wildman–Crippen LogP) is -1.31. The fourth-order valence-corrected chi connectivity index (χ4v) is 2.06. The van der Waals surface area contributed by atoms with E-state index in [4.69, 9.17) is 5.11 Å². The van der Waals surface area contributed by atoms with Gasteiger partial charge in [0.25, 0.3) is 0 Å². The van der Waals surface area contributed by atoms with E-state index in [2.05, 4.69) is 10.6 Å². The van der Waals surface area contributed by atoms with Crippen LogP contribution < -0.4 is 10.6 Å². The maximum atomic E-state index is 12.0. The van der Waals surface area contributed by atoms with E-state index in [1.165, 1.54) is 0 Å². The summed E-state index contributed by atoms with van der Waals surface area (Å²) in [4.78, 5) is 35.8. The summed E-state index contributed by atoms with van der Waals surface area (Å²) in [5, 5.41) is 14.3. The van der Waals surface area contributed by atoms with Crippen LogP contribution >= 0.6 is 0 Å². The van der Waals surface area contributed by atoms with Crippen LogP contribution in [0.5, 0.6) is 0 Å². The van der Waals surface area contributed by atoms with Gasteiger partial charge in [0.1, 0.15) is 0 Å². The van der Waals surface area contributed by atoms with Crippen molar-refractivity contribution in [2.45, 2.75) is 12.0 Å². The fraction of sp³-hybridized carbons (Fsp3) is 0.700. The number of rotatable bonds is 6. The van der Waals surface area contributed by atoms with Crippen LogP contribution in [0.2, 0.25) is 0 Å². The molecular formula is C10H17N3O4. The van der Waals surface area contributed by atoms with Crippen molar-refractivity contribution in [2.24, 2.45) is 0 Å². The molecule has 7 heteroatoms. The molecule has 0 aromatic heterocycles. The number of amides is 1. The van der Waals surface area contributed by atoms with Crippen molar-refractivity contribution in [3.63, 3.8) is 0 Å². The number of carbonyl (C=O) groups is 3. The van der Waals surface area contributed by atoms with Crippen molar-refractivity contribution >= 4 is 17.7 Å². The summed E-state index contributed by atoms with van der Waals surface area (Å²) in [5.41, 5.74) is -1.49. The fourth-order valence-electron chi connectivity index (χ4n) is 2.06. The van der Waals surface area contributed by atoms with Gasteiger partial charge in [-0.15, -0.1) is 0 Å². The Kier molecular flexibility index (Phi) is 4.19. The van der Waals surface area contributed by atoms with Crippen LogP contribution in [-0.4, -0.2) is 66.9 Å². The van der Waals surface area contributed by atoms with Crippen LogP contribution in [-0.2, 0) is 9.59 Å². The number of nitrogens with one attached hydrogen (secondary N) is 2. The Morgan fingerprint density at radius 1 is 1.18 bits per heavy atom. The third-order valence-corrected chi connectivity index (χ3v) is 2.99. The largest absolute Gasteiger partial charge is 0.465 e. The second-order valence-electron chi connectivity index (χ2n) is 3.95. The molecule has 0 aromatic rings. The minimum atomic E-state index is -1.49. The zero-order valence-electron chi connectivity index (χ0n) is 9.95. The minimum absolute atomic E-state index is 0.0146. The van der Waals surface area contributed by atoms with Crippen molar-refractivity contribution in [3.8, 4) is 0 Å². The SMILES string of the molecule is CNCC(=O)C1(C(=O)CNC)CCN1C(=O)O. The number of hydrogen-bond acceptors (Lipinski definition) is 5. The molecule has 1 amide bonds. The molecule has 1 aliphatic heterocycles. The third kappa shape index (κ3) is 2.16. The van der Waals surface area contributed by atoms with Gasteiger partial charge in [0.15, 0.2) is 17.1 Å². The predicted molar refractivity (Wildman–Crippen MR) is 59.9 cm³/mol. The van der Waals surface area contributed by atoms with E-state index in [9.17, 15) is 14.4 Å². The smallest absolute Gasteiger partial charge is 0.408 e. The highest BCUT2D eigenvalue weighted by atomic mass is 16.4. The van der Waals surface area contributed by atoms with E-state index in [0.717, 1.165) is 4.90 Å². The summed E-state index contributed by atoms with van der Waals surface area (Å²) in [5.74, 6) is -0.789. The van der Waals surface area contributed by atoms with Crippen LogP contribution in [0.15, 0.2) is 0 Å². The van der Waals surface area contributed by atoms with Crippen molar-refractivity contribution in [1.29, 1.82) is 0 Å². The molecule has 7 nitrogen and oxygen atoms in total. The highest BCUT2D eigenvalue weighted by Crippen LogP contribution is 2.32. The van der Waals surface area contributed by atoms with Gasteiger partial charge in [-0.25, -0.2) is 4.79 Å². The van der Waals surface area contributed by atoms with E-state index in [1.54, 1.807) is 14.1 Å². The minimum Gasteiger partial charge on any atom is -0.465 e. The van der Waals surface area contributed by atoms with E-state index in [0.29, 0.717) is 0 Å². The highest BCUT2D eigenvalue weighted by Gasteiger charge is 2.57. The molecule has 1 fully saturated rings. The first-order valence-electron chi connectivity index (χ1n) is 5.37. The average molecular weight is 243 g/mol. The van der Waals surface area contributed by atoms with Gasteiger partial charge in [-0.05, 0) is 14.1 Å². The zero-order chi connectivity index (χ0) is 13.1. The van der Waals surface area contributed by atoms with Gasteiger partial charge < -0.3 is 15.7 Å². The number of hydrogen-bond donors (Lipinski definition) is 3. The zero-order valence-corrected chi connectivity index (χ0v) is 9.95. The van der Waals surface area contributed by atoms with Gasteiger partial charge in [-0.3, -0.25) is 14.5 Å². The van der Waals surface area contributed by atoms with Gasteiger partial charge in [-0.2, -0.15) is 0 Å². The van der Waals surface area contributed by atoms with E-state index < -0.39 is 23.2 Å². The molecule has 17 heavy (non-hydrogen) atoms. The first-order valence-corrected chi connectivity index (χ1v) is 5.37. The third-order valence-electron chi connectivity index (χ3n) is 2.99. The molecular weight excluding hydrogens is 226 g/mol. The van der Waals surface area contributed by atoms with Crippen LogP contribution in [0.25, 0.3) is 0 Å². The van der Waals surface area contributed by atoms with Crippen LogP contribution in [0, 0.1) is 0 Å². The lowest BCUT2D eigenvalue weighted by Gasteiger charge is -2.48. The van der Waals surface area contributed by atoms with Crippen molar-refractivity contribution in [2.75, 3.05) is 33.7 Å². The quantitative estimate of drug-likeness (QED) is 0.501. The van der Waals surface area contributed by atoms with E-state index in [1.807, 2.05) is 0 Å². The number of likely N-dealkylation sites (tertiary alicyclic amines) is 1. The Labute approximate surface area is 99.2 Å². The number of likely N-dealkylation sites (N-methyl/N-ethyl adjacent to an activating group) is 2. The summed E-state index contributed by atoms with van der Waals surface area (Å²) in [6, 6.07) is 0. The Hall–Kier alpha value is -1.47. The Morgan fingerprint density at radius 2 is 1.65 bits per heavy atom. The van der Waals surface area contributed by atoms with Crippen LogP contribution in [0.1, 0.15) is 6.42 Å². The first-order chi connectivity index (χ1) is 8.00. The molecule has 0 bridgehead atoms. The number of Topliss-reactive ketones (excluding diaryl/α,β-unsaturated/α-hetero) is 2. The first kappa shape index (κ1) is 13.6. The monoisotopic (exact) mass is 243 g/mol. The van der Waals surface area contributed by atoms with Crippen LogP contribution in [0.3, 0.4) is 0 Å². The topological polar surface area (TPSA) is 98.7 Å². The molecule has 1 saturated heterocycles. The molecule has 0 aromatic carbocycles. The van der Waals surface area contributed by atoms with Crippen molar-refractivity contribution < 1.29 is 19.5 Å². The normalized spacial score (nSPS) is 17.4. The molecule has 3 N–H and O–H groups in total. The molecule has 0 aliphatic carbocycles. The number of carboxylic acid groups (broad SMARTS) is 1. The maximum absolute atomic E-state index is 12.0. The lowest BCUT2D eigenvalue weighted by atomic mass is 9.77. The molecule has 0 saturated carbocycles. The van der Waals surface area contributed by atoms with Crippen LogP contribution in [0.4, 0.5) is 4.79 Å². The maximum Gasteiger partial charge on any atom is 0.408 e. The molecule has 1 heterocycles. The Morgan fingerprint density at radius 3 is 1.88 bits per heavy atom. The number of carbonyl (C=O) groups excluding carboxylic acids is 2. The van der Waals surface area contributed by atoms with Crippen molar-refractivity contribution in [1.82, 2.24) is 15.5 Å².